The highest BCUT2D eigenvalue weighted by molar-refractivity contribution is 7.93. The Morgan fingerprint density at radius 1 is 0.345 bits per heavy atom. The largest absolute Gasteiger partial charge is 0.462 e. The van der Waals surface area contributed by atoms with E-state index >= 15 is 0 Å². The van der Waals surface area contributed by atoms with Crippen LogP contribution >= 0.6 is 91.2 Å². The van der Waals surface area contributed by atoms with Crippen LogP contribution < -0.4 is 0 Å². The molecule has 5 aliphatic heterocycles. The van der Waals surface area contributed by atoms with Crippen LogP contribution in [-0.2, 0) is 117 Å². The van der Waals surface area contributed by atoms with Gasteiger partial charge in [0.2, 0.25) is 0 Å². The number of hydrogen-bond acceptors (Lipinski definition) is 20. The highest BCUT2D eigenvalue weighted by atomic mass is 31.1. The van der Waals surface area contributed by atoms with E-state index in [9.17, 15) is 39.0 Å². The van der Waals surface area contributed by atoms with E-state index in [0.717, 1.165) is 76.2 Å². The van der Waals surface area contributed by atoms with E-state index in [1.807, 2.05) is 97.1 Å². The number of ether oxygens (including phenoxy) is 5. The van der Waals surface area contributed by atoms with E-state index in [2.05, 4.69) is 268 Å². The molecule has 0 amide bonds. The van der Waals surface area contributed by atoms with Crippen LogP contribution in [0.15, 0.2) is 212 Å². The monoisotopic (exact) mass is 2120 g/mol. The van der Waals surface area contributed by atoms with Crippen LogP contribution in [0.3, 0.4) is 0 Å². The molecule has 34 atom stereocenters. The second-order valence-corrected chi connectivity index (χ2v) is 61.6. The first-order valence-corrected chi connectivity index (χ1v) is 62.1. The lowest BCUT2D eigenvalue weighted by Crippen LogP contribution is -2.43. The van der Waals surface area contributed by atoms with Crippen molar-refractivity contribution in [3.63, 3.8) is 0 Å². The number of allylic oxidation sites excluding steroid dienone is 1. The van der Waals surface area contributed by atoms with Crippen LogP contribution in [-0.4, -0.2) is 180 Å². The average molecular weight is 2120 g/mol. The van der Waals surface area contributed by atoms with Gasteiger partial charge in [-0.1, -0.05) is 248 Å². The van der Waals surface area contributed by atoms with Crippen molar-refractivity contribution in [2.45, 2.75) is 292 Å². The number of aliphatic hydroxyl groups is 2. The minimum atomic E-state index is -1.93. The molecule has 5 aromatic carbocycles. The molecule has 10 fully saturated rings. The molecule has 5 heterocycles. The second-order valence-electron chi connectivity index (χ2n) is 41.7. The molecule has 20 nitrogen and oxygen atoms in total. The van der Waals surface area contributed by atoms with Crippen molar-refractivity contribution in [1.29, 1.82) is 0 Å². The Labute approximate surface area is 855 Å². The zero-order chi connectivity index (χ0) is 100. The first-order chi connectivity index (χ1) is 66.0. The van der Waals surface area contributed by atoms with Crippen molar-refractivity contribution in [2.75, 3.05) is 0 Å². The number of aliphatic hydroxyl groups excluding tert-OH is 2. The van der Waals surface area contributed by atoms with Crippen molar-refractivity contribution < 1.29 is 94.8 Å². The van der Waals surface area contributed by atoms with E-state index in [1.165, 1.54) is 22.3 Å². The van der Waals surface area contributed by atoms with Gasteiger partial charge in [-0.3, -0.25) is 28.8 Å². The Kier molecular flexibility index (Phi) is 46.4. The molecule has 5 aromatic rings. The van der Waals surface area contributed by atoms with Gasteiger partial charge in [0.15, 0.2) is 22.4 Å². The smallest absolute Gasteiger partial charge is 0.336 e. The third-order valence-corrected chi connectivity index (χ3v) is 40.0. The lowest BCUT2D eigenvalue weighted by molar-refractivity contribution is -0.142. The molecule has 752 valence electrons. The van der Waals surface area contributed by atoms with Gasteiger partial charge in [0.05, 0.1) is 87.0 Å². The molecule has 2 N–H and O–H groups in total. The number of benzene rings is 5. The molecule has 5 aliphatic carbocycles. The van der Waals surface area contributed by atoms with Crippen LogP contribution in [0, 0.1) is 59.2 Å². The van der Waals surface area contributed by atoms with E-state index in [1.54, 1.807) is 6.08 Å². The van der Waals surface area contributed by atoms with Gasteiger partial charge in [0.1, 0.15) is 30.5 Å². The topological polar surface area (TPSA) is 254 Å². The molecular formula is C102H151B5O20P10Si2. The second kappa shape index (κ2) is 55.7. The Hall–Kier alpha value is -3.48. The average Bonchev–Trinajstić information content (AvgIpc) is 1.55. The van der Waals surface area contributed by atoms with E-state index in [-0.39, 0.29) is 210 Å². The van der Waals surface area contributed by atoms with Crippen molar-refractivity contribution in [1.82, 2.24) is 0 Å². The Bertz CT molecular complexity index is 4600. The fourth-order valence-corrected chi connectivity index (χ4v) is 24.9. The highest BCUT2D eigenvalue weighted by Crippen LogP contribution is 2.51. The van der Waals surface area contributed by atoms with Gasteiger partial charge in [-0.25, -0.2) is 0 Å². The molecule has 139 heavy (non-hydrogen) atoms. The maximum Gasteiger partial charge on any atom is 0.336 e. The maximum atomic E-state index is 12.2. The van der Waals surface area contributed by atoms with Gasteiger partial charge in [-0.2, -0.15) is 0 Å². The predicted octanol–water partition coefficient (Wildman–Crippen LogP) is 19.3. The van der Waals surface area contributed by atoms with Gasteiger partial charge in [0.25, 0.3) is 0 Å². The van der Waals surface area contributed by atoms with E-state index in [4.69, 9.17) is 55.8 Å². The van der Waals surface area contributed by atoms with Gasteiger partial charge in [-0.05, 0) is 128 Å². The molecule has 0 aromatic heterocycles. The standard InChI is InChI=1S/2C24H39BO4P2Si.2C18H25BO4P2.C18H23BO4P2/c2*1-24(2,3)32(4,5)29-18(12-11-17-9-7-6-8-10-17)13-14-19-20-15-23(26)27-21(20)16-22(19)28-25(30)31;3*20-13(7-6-12-4-2-1-3-5-12)8-9-14-15-10-18(21)22-16(15)11-17(14)23-19(24)25/h2*6-10,13-14,18-22H,11-12,15-16,30-31H2,1-5H3;2*1-5,8-9,13-17,20H,6-7,10-11,24-25H2;1-5,8-9,14-17H,6-7,10-11,24-25H2/b2*14-13+;3*9-8+/t2*18-,19+,20+,21-,22+;13-,14+,15+,16-,17+;13-,14-,15-,16+,17-;14-,15-,16+,17-/m00011/s1. The number of esters is 5. The third-order valence-electron chi connectivity index (χ3n) is 29.4. The Balaban J connectivity index is 0.000000167. The maximum absolute atomic E-state index is 12.2. The normalized spacial score (nSPS) is 28.1. The number of carbonyl (C=O) groups is 6. The fourth-order valence-electron chi connectivity index (χ4n) is 20.3. The summed E-state index contributed by atoms with van der Waals surface area (Å²) >= 11 is 0. The number of aryl methyl sites for hydroxylation is 5. The van der Waals surface area contributed by atoms with Gasteiger partial charge < -0.3 is 66.0 Å². The summed E-state index contributed by atoms with van der Waals surface area (Å²) < 4.78 is 71.2. The van der Waals surface area contributed by atoms with Crippen molar-refractivity contribution in [2.24, 2.45) is 59.2 Å². The Morgan fingerprint density at radius 3 is 0.791 bits per heavy atom. The number of fused-ring (bicyclic) bond motifs is 5. The summed E-state index contributed by atoms with van der Waals surface area (Å²) in [5, 5.41) is 20.9. The summed E-state index contributed by atoms with van der Waals surface area (Å²) in [5.74, 6) is 0.951. The molecule has 0 bridgehead atoms. The van der Waals surface area contributed by atoms with Gasteiger partial charge in [0, 0.05) is 97.7 Å². The van der Waals surface area contributed by atoms with Crippen molar-refractivity contribution in [3.8, 4) is 0 Å². The molecule has 10 unspecified atom stereocenters. The summed E-state index contributed by atoms with van der Waals surface area (Å²) in [6, 6.07) is 51.5. The minimum absolute atomic E-state index is 0.0113. The fraction of sp³-hybridized carbons (Fsp3) is 0.549. The summed E-state index contributed by atoms with van der Waals surface area (Å²) in [5.41, 5.74) is 6.27. The summed E-state index contributed by atoms with van der Waals surface area (Å²) in [6.07, 6.45) is 33.2. The molecular weight excluding hydrogens is 1970 g/mol. The quantitative estimate of drug-likeness (QED) is 0.00926. The molecule has 5 saturated heterocycles. The van der Waals surface area contributed by atoms with Crippen LogP contribution in [0.4, 0.5) is 0 Å². The minimum Gasteiger partial charge on any atom is -0.462 e. The molecule has 0 radical (unpaired) electrons. The number of rotatable bonds is 39. The summed E-state index contributed by atoms with van der Waals surface area (Å²) in [7, 11) is 22.5. The van der Waals surface area contributed by atoms with Gasteiger partial charge >= 0.3 is 61.6 Å². The lowest BCUT2D eigenvalue weighted by atomic mass is 9.91. The lowest BCUT2D eigenvalue weighted by Gasteiger charge is -2.39. The summed E-state index contributed by atoms with van der Waals surface area (Å²) in [6.45, 7) is 22.9. The molecule has 37 heteroatoms. The number of hydrogen-bond donors (Lipinski definition) is 2. The SMILES string of the molecule is CC(C)(C)[Si](C)(C)O[C@H](/C=C/[C@@H]1[C@H]2CC(=O)O[C@H]2C[C@H]1OB(P)P)CCc1ccccc1.CC(C)(C)[Si](C)(C)O[C@H](/C=C/[C@@H]1[C@H]2CC(=O)O[C@H]2C[C@H]1OB(P)P)CCc1ccccc1.O=C(/C=C/[C@@H]1[C@H]2CC(=O)O[C@H]2C[C@H]1OB(P)P)CCc1ccccc1.O=C1C[C@@H]2[C@@H](/C=C/[C@@H](O)CCc3ccccc3)[C@H](OB(P)P)C[C@@H]2O1.O=C1C[C@@H]2[C@@H](/C=C/[C@H](O)CCc3ccccc3)[C@H](OB(P)P)C[C@@H]2O1. The first-order valence-electron chi connectivity index (χ1n) is 49.7. The van der Waals surface area contributed by atoms with Crippen LogP contribution in [0.1, 0.15) is 166 Å². The zero-order valence-corrected chi connectivity index (χ0v) is 96.2. The van der Waals surface area contributed by atoms with Crippen molar-refractivity contribution >= 4 is 175 Å². The highest BCUT2D eigenvalue weighted by Gasteiger charge is 2.55. The Morgan fingerprint density at radius 2 is 0.561 bits per heavy atom. The zero-order valence-electron chi connectivity index (χ0n) is 82.6. The predicted molar refractivity (Wildman–Crippen MR) is 601 cm³/mol. The van der Waals surface area contributed by atoms with Crippen LogP contribution in [0.5, 0.6) is 0 Å². The van der Waals surface area contributed by atoms with Crippen LogP contribution in [0.2, 0.25) is 36.3 Å². The number of ketones is 1. The first kappa shape index (κ1) is 116. The molecule has 0 spiro atoms. The van der Waals surface area contributed by atoms with Crippen LogP contribution in [0.25, 0.3) is 0 Å². The number of carbonyl (C=O) groups excluding carboxylic acids is 6. The third kappa shape index (κ3) is 36.5. The van der Waals surface area contributed by atoms with Gasteiger partial charge in [-0.15, -0.1) is 91.2 Å². The summed E-state index contributed by atoms with van der Waals surface area (Å²) in [4.78, 5) is 70.8. The van der Waals surface area contributed by atoms with E-state index in [0.29, 0.717) is 57.8 Å². The molecule has 5 saturated carbocycles. The molecule has 15 rings (SSSR count). The van der Waals surface area contributed by atoms with E-state index < -0.39 is 28.8 Å². The van der Waals surface area contributed by atoms with Crippen molar-refractivity contribution in [3.05, 3.63) is 240 Å². The molecule has 10 aliphatic rings.